The first-order chi connectivity index (χ1) is 9.67. The zero-order valence-corrected chi connectivity index (χ0v) is 11.3. The highest BCUT2D eigenvalue weighted by atomic mass is 16.5. The molecule has 0 aliphatic rings. The molecule has 2 aromatic carbocycles. The monoisotopic (exact) mass is 265 g/mol. The molecule has 3 heteroatoms. The van der Waals surface area contributed by atoms with Crippen LogP contribution in [-0.4, -0.2) is 5.78 Å². The fourth-order valence-corrected chi connectivity index (χ4v) is 1.82. The van der Waals surface area contributed by atoms with Crippen LogP contribution < -0.4 is 4.74 Å². The number of nitriles is 1. The smallest absolute Gasteiger partial charge is 0.130 e. The quantitative estimate of drug-likeness (QED) is 0.824. The molecule has 3 nitrogen and oxygen atoms in total. The van der Waals surface area contributed by atoms with Gasteiger partial charge in [-0.1, -0.05) is 12.1 Å². The number of nitrogens with zero attached hydrogens (tertiary/aromatic N) is 1. The van der Waals surface area contributed by atoms with Crippen molar-refractivity contribution in [1.82, 2.24) is 0 Å². The van der Waals surface area contributed by atoms with Crippen molar-refractivity contribution in [3.05, 3.63) is 59.7 Å². The van der Waals surface area contributed by atoms with Gasteiger partial charge in [0.15, 0.2) is 0 Å². The molecule has 0 bridgehead atoms. The maximum Gasteiger partial charge on any atom is 0.130 e. The summed E-state index contributed by atoms with van der Waals surface area (Å²) in [5.41, 5.74) is 1.68. The molecule has 0 heterocycles. The van der Waals surface area contributed by atoms with Gasteiger partial charge < -0.3 is 9.53 Å². The van der Waals surface area contributed by atoms with Crippen LogP contribution in [0.1, 0.15) is 24.5 Å². The summed E-state index contributed by atoms with van der Waals surface area (Å²) >= 11 is 0. The standard InChI is InChI=1S/C17H15NO2/c1-13(19)5-6-14-3-2-4-17(11-14)20-16-9-7-15(12-18)8-10-16/h2-4,7-11H,5-6H2,1H3. The van der Waals surface area contributed by atoms with E-state index in [9.17, 15) is 4.79 Å². The normalized spacial score (nSPS) is 9.80. The number of rotatable bonds is 5. The fourth-order valence-electron chi connectivity index (χ4n) is 1.82. The summed E-state index contributed by atoms with van der Waals surface area (Å²) in [6.07, 6.45) is 1.26. The van der Waals surface area contributed by atoms with Gasteiger partial charge in [0, 0.05) is 6.42 Å². The molecule has 0 spiro atoms. The first-order valence-corrected chi connectivity index (χ1v) is 6.44. The third-order valence-corrected chi connectivity index (χ3v) is 2.88. The summed E-state index contributed by atoms with van der Waals surface area (Å²) in [4.78, 5) is 11.0. The lowest BCUT2D eigenvalue weighted by Gasteiger charge is -2.07. The van der Waals surface area contributed by atoms with E-state index < -0.39 is 0 Å². The van der Waals surface area contributed by atoms with Crippen molar-refractivity contribution >= 4 is 5.78 Å². The van der Waals surface area contributed by atoms with Gasteiger partial charge in [0.05, 0.1) is 11.6 Å². The highest BCUT2D eigenvalue weighted by molar-refractivity contribution is 5.75. The van der Waals surface area contributed by atoms with Gasteiger partial charge in [-0.25, -0.2) is 0 Å². The van der Waals surface area contributed by atoms with Crippen molar-refractivity contribution in [3.63, 3.8) is 0 Å². The Morgan fingerprint density at radius 1 is 1.15 bits per heavy atom. The van der Waals surface area contributed by atoms with Gasteiger partial charge in [0.1, 0.15) is 17.3 Å². The van der Waals surface area contributed by atoms with E-state index in [0.717, 1.165) is 17.7 Å². The number of carbonyl (C=O) groups is 1. The number of hydrogen-bond acceptors (Lipinski definition) is 3. The van der Waals surface area contributed by atoms with E-state index >= 15 is 0 Å². The molecule has 2 rings (SSSR count). The Morgan fingerprint density at radius 3 is 2.55 bits per heavy atom. The molecular formula is C17H15NO2. The van der Waals surface area contributed by atoms with E-state index in [4.69, 9.17) is 10.00 Å². The highest BCUT2D eigenvalue weighted by Gasteiger charge is 2.01. The second kappa shape index (κ2) is 6.53. The summed E-state index contributed by atoms with van der Waals surface area (Å²) in [6, 6.07) is 16.7. The summed E-state index contributed by atoms with van der Waals surface area (Å²) < 4.78 is 5.73. The lowest BCUT2D eigenvalue weighted by atomic mass is 10.1. The summed E-state index contributed by atoms with van der Waals surface area (Å²) in [6.45, 7) is 1.59. The predicted molar refractivity (Wildman–Crippen MR) is 76.7 cm³/mol. The van der Waals surface area contributed by atoms with Crippen LogP contribution in [0.3, 0.4) is 0 Å². The zero-order chi connectivity index (χ0) is 14.4. The van der Waals surface area contributed by atoms with E-state index in [1.165, 1.54) is 0 Å². The van der Waals surface area contributed by atoms with Crippen LogP contribution in [0.5, 0.6) is 11.5 Å². The Hall–Kier alpha value is -2.60. The Bertz CT molecular complexity index is 639. The van der Waals surface area contributed by atoms with Crippen LogP contribution >= 0.6 is 0 Å². The summed E-state index contributed by atoms with van der Waals surface area (Å²) in [5, 5.41) is 8.74. The Kier molecular flexibility index (Phi) is 4.52. The number of hydrogen-bond donors (Lipinski definition) is 0. The van der Waals surface area contributed by atoms with Crippen molar-refractivity contribution in [1.29, 1.82) is 5.26 Å². The van der Waals surface area contributed by atoms with E-state index in [-0.39, 0.29) is 5.78 Å². The minimum atomic E-state index is 0.184. The number of Topliss-reactive ketones (excluding diaryl/α,β-unsaturated/α-hetero) is 1. The van der Waals surface area contributed by atoms with Crippen LogP contribution in [0, 0.1) is 11.3 Å². The molecular weight excluding hydrogens is 250 g/mol. The van der Waals surface area contributed by atoms with Crippen molar-refractivity contribution in [2.45, 2.75) is 19.8 Å². The maximum absolute atomic E-state index is 11.0. The molecule has 2 aromatic rings. The van der Waals surface area contributed by atoms with Crippen molar-refractivity contribution in [3.8, 4) is 17.6 Å². The van der Waals surface area contributed by atoms with Crippen LogP contribution in [0.15, 0.2) is 48.5 Å². The van der Waals surface area contributed by atoms with Crippen molar-refractivity contribution in [2.75, 3.05) is 0 Å². The molecule has 0 radical (unpaired) electrons. The Morgan fingerprint density at radius 2 is 1.90 bits per heavy atom. The van der Waals surface area contributed by atoms with Gasteiger partial charge in [-0.05, 0) is 55.3 Å². The average Bonchev–Trinajstić information content (AvgIpc) is 2.46. The maximum atomic E-state index is 11.0. The third kappa shape index (κ3) is 3.96. The summed E-state index contributed by atoms with van der Waals surface area (Å²) in [7, 11) is 0. The molecule has 0 N–H and O–H groups in total. The molecule has 0 amide bonds. The molecule has 0 atom stereocenters. The van der Waals surface area contributed by atoms with Crippen molar-refractivity contribution < 1.29 is 9.53 Å². The average molecular weight is 265 g/mol. The molecule has 20 heavy (non-hydrogen) atoms. The molecule has 0 unspecified atom stereocenters. The first-order valence-electron chi connectivity index (χ1n) is 6.44. The van der Waals surface area contributed by atoms with Crippen LogP contribution in [0.25, 0.3) is 0 Å². The van der Waals surface area contributed by atoms with E-state index in [1.54, 1.807) is 31.2 Å². The van der Waals surface area contributed by atoms with Crippen LogP contribution in [0.4, 0.5) is 0 Å². The van der Waals surface area contributed by atoms with E-state index in [2.05, 4.69) is 6.07 Å². The van der Waals surface area contributed by atoms with E-state index in [1.807, 2.05) is 24.3 Å². The number of ether oxygens (including phenoxy) is 1. The van der Waals surface area contributed by atoms with Gasteiger partial charge in [-0.2, -0.15) is 5.26 Å². The SMILES string of the molecule is CC(=O)CCc1cccc(Oc2ccc(C#N)cc2)c1. The highest BCUT2D eigenvalue weighted by Crippen LogP contribution is 2.23. The molecule has 0 aromatic heterocycles. The third-order valence-electron chi connectivity index (χ3n) is 2.88. The molecule has 0 saturated carbocycles. The summed E-state index contributed by atoms with van der Waals surface area (Å²) in [5.74, 6) is 1.60. The molecule has 0 saturated heterocycles. The Labute approximate surface area is 118 Å². The van der Waals surface area contributed by atoms with Crippen LogP contribution in [-0.2, 0) is 11.2 Å². The van der Waals surface area contributed by atoms with Gasteiger partial charge in [-0.15, -0.1) is 0 Å². The molecule has 0 aliphatic carbocycles. The lowest BCUT2D eigenvalue weighted by Crippen LogP contribution is -1.94. The zero-order valence-electron chi connectivity index (χ0n) is 11.3. The van der Waals surface area contributed by atoms with Gasteiger partial charge in [0.2, 0.25) is 0 Å². The topological polar surface area (TPSA) is 50.1 Å². The molecule has 0 fully saturated rings. The number of aryl methyl sites for hydroxylation is 1. The van der Waals surface area contributed by atoms with Gasteiger partial charge >= 0.3 is 0 Å². The van der Waals surface area contributed by atoms with Gasteiger partial charge in [-0.3, -0.25) is 0 Å². The lowest BCUT2D eigenvalue weighted by molar-refractivity contribution is -0.116. The fraction of sp³-hybridized carbons (Fsp3) is 0.176. The minimum absolute atomic E-state index is 0.184. The van der Waals surface area contributed by atoms with E-state index in [0.29, 0.717) is 17.7 Å². The number of carbonyl (C=O) groups excluding carboxylic acids is 1. The minimum Gasteiger partial charge on any atom is -0.457 e. The van der Waals surface area contributed by atoms with Crippen LogP contribution in [0.2, 0.25) is 0 Å². The molecule has 0 aliphatic heterocycles. The second-order valence-electron chi connectivity index (χ2n) is 4.59. The predicted octanol–water partition coefficient (Wildman–Crippen LogP) is 3.87. The largest absolute Gasteiger partial charge is 0.457 e. The first kappa shape index (κ1) is 13.8. The Balaban J connectivity index is 2.07. The van der Waals surface area contributed by atoms with Crippen molar-refractivity contribution in [2.24, 2.45) is 0 Å². The molecule has 100 valence electrons. The second-order valence-corrected chi connectivity index (χ2v) is 4.59. The number of benzene rings is 2. The number of ketones is 1. The van der Waals surface area contributed by atoms with Gasteiger partial charge in [0.25, 0.3) is 0 Å².